The van der Waals surface area contributed by atoms with Gasteiger partial charge in [-0.1, -0.05) is 6.07 Å². The molecular weight excluding hydrogens is 270 g/mol. The number of pyridine rings is 1. The van der Waals surface area contributed by atoms with Gasteiger partial charge in [0.15, 0.2) is 5.69 Å². The van der Waals surface area contributed by atoms with Gasteiger partial charge in [-0.2, -0.15) is 0 Å². The van der Waals surface area contributed by atoms with E-state index in [0.29, 0.717) is 5.82 Å². The van der Waals surface area contributed by atoms with Crippen LogP contribution in [-0.2, 0) is 4.74 Å². The summed E-state index contributed by atoms with van der Waals surface area (Å²) in [6.07, 6.45) is 0.514. The maximum absolute atomic E-state index is 11.0. The van der Waals surface area contributed by atoms with Crippen molar-refractivity contribution in [1.29, 1.82) is 0 Å². The molecule has 6 heteroatoms. The van der Waals surface area contributed by atoms with E-state index in [1.165, 1.54) is 6.07 Å². The van der Waals surface area contributed by atoms with Crippen molar-refractivity contribution >= 4 is 11.8 Å². The Morgan fingerprint density at radius 1 is 1.43 bits per heavy atom. The van der Waals surface area contributed by atoms with Crippen molar-refractivity contribution in [2.75, 3.05) is 38.1 Å². The average molecular weight is 293 g/mol. The normalized spacial score (nSPS) is 23.0. The van der Waals surface area contributed by atoms with Crippen LogP contribution in [0.3, 0.4) is 0 Å². The number of ether oxygens (including phenoxy) is 1. The second-order valence-corrected chi connectivity index (χ2v) is 5.62. The van der Waals surface area contributed by atoms with Gasteiger partial charge in [0, 0.05) is 33.2 Å². The molecule has 1 saturated heterocycles. The van der Waals surface area contributed by atoms with Crippen LogP contribution in [0.25, 0.3) is 0 Å². The number of carbonyl (C=O) groups is 1. The Labute approximate surface area is 125 Å². The Kier molecular flexibility index (Phi) is 5.14. The van der Waals surface area contributed by atoms with E-state index in [2.05, 4.69) is 23.7 Å². The molecule has 0 aromatic carbocycles. The van der Waals surface area contributed by atoms with Gasteiger partial charge in [0.05, 0.1) is 12.2 Å². The van der Waals surface area contributed by atoms with E-state index in [0.717, 1.165) is 26.2 Å². The lowest BCUT2D eigenvalue weighted by molar-refractivity contribution is -0.0670. The third-order valence-electron chi connectivity index (χ3n) is 3.59. The molecule has 21 heavy (non-hydrogen) atoms. The van der Waals surface area contributed by atoms with E-state index in [4.69, 9.17) is 9.84 Å². The number of likely N-dealkylation sites (N-methyl/N-ethyl adjacent to an activating group) is 1. The highest BCUT2D eigenvalue weighted by atomic mass is 16.5. The van der Waals surface area contributed by atoms with Crippen molar-refractivity contribution in [3.8, 4) is 0 Å². The van der Waals surface area contributed by atoms with Crippen LogP contribution in [0.1, 0.15) is 24.3 Å². The molecule has 1 fully saturated rings. The van der Waals surface area contributed by atoms with Crippen LogP contribution in [0.5, 0.6) is 0 Å². The summed E-state index contributed by atoms with van der Waals surface area (Å²) in [4.78, 5) is 19.5. The number of carboxylic acids is 1. The molecule has 0 aliphatic carbocycles. The SMILES string of the molecule is C[C@@H]1CN(CCN(C)c2cccc(C(=O)O)n2)C[C@H](C)O1. The van der Waals surface area contributed by atoms with Crippen molar-refractivity contribution in [3.05, 3.63) is 23.9 Å². The number of aromatic carboxylic acids is 1. The minimum Gasteiger partial charge on any atom is -0.477 e. The molecule has 6 nitrogen and oxygen atoms in total. The fourth-order valence-corrected chi connectivity index (χ4v) is 2.63. The molecule has 1 aromatic rings. The first-order chi connectivity index (χ1) is 9.95. The quantitative estimate of drug-likeness (QED) is 0.883. The van der Waals surface area contributed by atoms with Crippen LogP contribution >= 0.6 is 0 Å². The lowest BCUT2D eigenvalue weighted by atomic mass is 10.2. The number of aromatic nitrogens is 1. The zero-order valence-corrected chi connectivity index (χ0v) is 12.8. The Morgan fingerprint density at radius 3 is 2.71 bits per heavy atom. The van der Waals surface area contributed by atoms with Gasteiger partial charge < -0.3 is 14.7 Å². The van der Waals surface area contributed by atoms with E-state index in [1.807, 2.05) is 18.0 Å². The highest BCUT2D eigenvalue weighted by Gasteiger charge is 2.22. The molecule has 0 amide bonds. The van der Waals surface area contributed by atoms with E-state index < -0.39 is 5.97 Å². The van der Waals surface area contributed by atoms with E-state index in [1.54, 1.807) is 6.07 Å². The molecule has 0 radical (unpaired) electrons. The second kappa shape index (κ2) is 6.87. The molecule has 1 aliphatic rings. The number of rotatable bonds is 5. The summed E-state index contributed by atoms with van der Waals surface area (Å²) in [6.45, 7) is 7.75. The van der Waals surface area contributed by atoms with E-state index in [9.17, 15) is 4.79 Å². The van der Waals surface area contributed by atoms with Crippen LogP contribution in [0.4, 0.5) is 5.82 Å². The smallest absolute Gasteiger partial charge is 0.354 e. The molecule has 2 atom stereocenters. The van der Waals surface area contributed by atoms with Gasteiger partial charge in [0.25, 0.3) is 0 Å². The lowest BCUT2D eigenvalue weighted by Crippen LogP contribution is -2.47. The van der Waals surface area contributed by atoms with Gasteiger partial charge in [-0.15, -0.1) is 0 Å². The summed E-state index contributed by atoms with van der Waals surface area (Å²) in [5.41, 5.74) is 0.0768. The summed E-state index contributed by atoms with van der Waals surface area (Å²) < 4.78 is 5.72. The molecule has 2 rings (SSSR count). The van der Waals surface area contributed by atoms with Crippen molar-refractivity contribution in [2.24, 2.45) is 0 Å². The topological polar surface area (TPSA) is 65.9 Å². The fourth-order valence-electron chi connectivity index (χ4n) is 2.63. The Balaban J connectivity index is 1.91. The molecule has 1 aliphatic heterocycles. The van der Waals surface area contributed by atoms with Crippen LogP contribution in [0.2, 0.25) is 0 Å². The number of carboxylic acid groups (broad SMARTS) is 1. The zero-order chi connectivity index (χ0) is 15.4. The number of anilines is 1. The fraction of sp³-hybridized carbons (Fsp3) is 0.600. The summed E-state index contributed by atoms with van der Waals surface area (Å²) in [5.74, 6) is -0.315. The van der Waals surface area contributed by atoms with Crippen LogP contribution in [0.15, 0.2) is 18.2 Å². The largest absolute Gasteiger partial charge is 0.477 e. The number of morpholine rings is 1. The van der Waals surface area contributed by atoms with Gasteiger partial charge in [0.1, 0.15) is 5.82 Å². The molecule has 0 saturated carbocycles. The molecule has 1 N–H and O–H groups in total. The molecule has 116 valence electrons. The van der Waals surface area contributed by atoms with Gasteiger partial charge >= 0.3 is 5.97 Å². The van der Waals surface area contributed by atoms with E-state index in [-0.39, 0.29) is 17.9 Å². The van der Waals surface area contributed by atoms with Crippen molar-refractivity contribution in [2.45, 2.75) is 26.1 Å². The van der Waals surface area contributed by atoms with Gasteiger partial charge in [-0.25, -0.2) is 9.78 Å². The van der Waals surface area contributed by atoms with Gasteiger partial charge in [-0.3, -0.25) is 4.90 Å². The molecule has 1 aromatic heterocycles. The summed E-state index contributed by atoms with van der Waals surface area (Å²) >= 11 is 0. The summed E-state index contributed by atoms with van der Waals surface area (Å²) in [5, 5.41) is 8.98. The molecular formula is C15H23N3O3. The Morgan fingerprint density at radius 2 is 2.10 bits per heavy atom. The first-order valence-electron chi connectivity index (χ1n) is 7.25. The maximum atomic E-state index is 11.0. The predicted molar refractivity (Wildman–Crippen MR) is 80.9 cm³/mol. The Hall–Kier alpha value is -1.66. The lowest BCUT2D eigenvalue weighted by Gasteiger charge is -2.36. The highest BCUT2D eigenvalue weighted by Crippen LogP contribution is 2.12. The summed E-state index contributed by atoms with van der Waals surface area (Å²) in [6, 6.07) is 5.06. The number of hydrogen-bond acceptors (Lipinski definition) is 5. The Bertz CT molecular complexity index is 485. The maximum Gasteiger partial charge on any atom is 0.354 e. The highest BCUT2D eigenvalue weighted by molar-refractivity contribution is 5.85. The third-order valence-corrected chi connectivity index (χ3v) is 3.59. The predicted octanol–water partition coefficient (Wildman–Crippen LogP) is 1.33. The first kappa shape index (κ1) is 15.7. The minimum absolute atomic E-state index is 0.0768. The molecule has 0 spiro atoms. The van der Waals surface area contributed by atoms with Crippen molar-refractivity contribution < 1.29 is 14.6 Å². The second-order valence-electron chi connectivity index (χ2n) is 5.62. The number of hydrogen-bond donors (Lipinski definition) is 1. The van der Waals surface area contributed by atoms with E-state index >= 15 is 0 Å². The van der Waals surface area contributed by atoms with Gasteiger partial charge in [-0.05, 0) is 26.0 Å². The van der Waals surface area contributed by atoms with Crippen molar-refractivity contribution in [1.82, 2.24) is 9.88 Å². The number of nitrogens with zero attached hydrogens (tertiary/aromatic N) is 3. The van der Waals surface area contributed by atoms with Crippen LogP contribution in [0, 0.1) is 0 Å². The monoisotopic (exact) mass is 293 g/mol. The molecule has 0 unspecified atom stereocenters. The molecule has 0 bridgehead atoms. The van der Waals surface area contributed by atoms with Crippen LogP contribution in [-0.4, -0.2) is 66.4 Å². The zero-order valence-electron chi connectivity index (χ0n) is 12.8. The minimum atomic E-state index is -0.999. The van der Waals surface area contributed by atoms with Gasteiger partial charge in [0.2, 0.25) is 0 Å². The average Bonchev–Trinajstić information content (AvgIpc) is 2.44. The van der Waals surface area contributed by atoms with Crippen molar-refractivity contribution in [3.63, 3.8) is 0 Å². The first-order valence-corrected chi connectivity index (χ1v) is 7.25. The standard InChI is InChI=1S/C15H23N3O3/c1-11-9-18(10-12(2)21-11)8-7-17(3)14-6-4-5-13(16-14)15(19)20/h4-6,11-12H,7-10H2,1-3H3,(H,19,20)/t11-,12+. The third kappa shape index (κ3) is 4.41. The van der Waals surface area contributed by atoms with Crippen LogP contribution < -0.4 is 4.90 Å². The molecule has 2 heterocycles. The summed E-state index contributed by atoms with van der Waals surface area (Å²) in [7, 11) is 1.93.